The first-order chi connectivity index (χ1) is 10.4. The maximum atomic E-state index is 12.6. The van der Waals surface area contributed by atoms with Crippen molar-refractivity contribution in [3.63, 3.8) is 0 Å². The fourth-order valence-electron chi connectivity index (χ4n) is 2.75. The van der Waals surface area contributed by atoms with Crippen LogP contribution in [0, 0.1) is 0 Å². The van der Waals surface area contributed by atoms with Gasteiger partial charge in [-0.25, -0.2) is 13.2 Å². The van der Waals surface area contributed by atoms with E-state index in [1.165, 1.54) is 15.8 Å². The number of nitrogens with zero attached hydrogens (tertiary/aromatic N) is 2. The number of aromatic carboxylic acids is 1. The lowest BCUT2D eigenvalue weighted by atomic mass is 10.1. The summed E-state index contributed by atoms with van der Waals surface area (Å²) < 4.78 is 26.6. The molecule has 0 amide bonds. The molecule has 1 aromatic rings. The van der Waals surface area contributed by atoms with E-state index >= 15 is 0 Å². The number of hydrogen-bond donors (Lipinski definition) is 1. The summed E-state index contributed by atoms with van der Waals surface area (Å²) in [6.07, 6.45) is 2.73. The third-order valence-corrected chi connectivity index (χ3v) is 7.03. The molecule has 1 aromatic heterocycles. The zero-order chi connectivity index (χ0) is 16.3. The molecule has 22 heavy (non-hydrogen) atoms. The van der Waals surface area contributed by atoms with E-state index in [2.05, 4.69) is 11.8 Å². The standard InChI is InChI=1S/C14H22N2O4S2/c1-3-6-16-7-4-11(5-8-16)15(2)22(19,20)12-9-13(14(17)18)21-10-12/h9-11H,3-8H2,1-2H3,(H,17,18). The van der Waals surface area contributed by atoms with Gasteiger partial charge < -0.3 is 10.0 Å². The Bertz CT molecular complexity index is 619. The van der Waals surface area contributed by atoms with Crippen molar-refractivity contribution in [3.05, 3.63) is 16.3 Å². The van der Waals surface area contributed by atoms with Gasteiger partial charge in [0.2, 0.25) is 10.0 Å². The van der Waals surface area contributed by atoms with Crippen molar-refractivity contribution in [1.82, 2.24) is 9.21 Å². The van der Waals surface area contributed by atoms with Gasteiger partial charge in [0.15, 0.2) is 0 Å². The fourth-order valence-corrected chi connectivity index (χ4v) is 5.27. The normalized spacial score (nSPS) is 18.0. The molecule has 0 aliphatic carbocycles. The van der Waals surface area contributed by atoms with Gasteiger partial charge in [0.25, 0.3) is 0 Å². The van der Waals surface area contributed by atoms with Crippen LogP contribution in [0.1, 0.15) is 35.9 Å². The van der Waals surface area contributed by atoms with Crippen molar-refractivity contribution < 1.29 is 18.3 Å². The molecule has 8 heteroatoms. The highest BCUT2D eigenvalue weighted by Crippen LogP contribution is 2.26. The SMILES string of the molecule is CCCN1CCC(N(C)S(=O)(=O)c2csc(C(=O)O)c2)CC1. The molecule has 2 rings (SSSR count). The van der Waals surface area contributed by atoms with Gasteiger partial charge in [-0.3, -0.25) is 0 Å². The molecule has 1 aliphatic heterocycles. The molecule has 2 heterocycles. The minimum absolute atomic E-state index is 0.0220. The summed E-state index contributed by atoms with van der Waals surface area (Å²) in [5.74, 6) is -1.10. The molecule has 0 aromatic carbocycles. The predicted octanol–water partition coefficient (Wildman–Crippen LogP) is 1.94. The monoisotopic (exact) mass is 346 g/mol. The number of carboxylic acid groups (broad SMARTS) is 1. The smallest absolute Gasteiger partial charge is 0.345 e. The Morgan fingerprint density at radius 2 is 2.09 bits per heavy atom. The zero-order valence-corrected chi connectivity index (χ0v) is 14.5. The van der Waals surface area contributed by atoms with Crippen molar-refractivity contribution in [3.8, 4) is 0 Å². The molecule has 6 nitrogen and oxygen atoms in total. The summed E-state index contributed by atoms with van der Waals surface area (Å²) in [6, 6.07) is 1.22. The number of thiophene rings is 1. The summed E-state index contributed by atoms with van der Waals surface area (Å²) in [5.41, 5.74) is 0. The van der Waals surface area contributed by atoms with E-state index in [1.54, 1.807) is 7.05 Å². The molecule has 1 aliphatic rings. The summed E-state index contributed by atoms with van der Waals surface area (Å²) in [4.78, 5) is 13.4. The Hall–Kier alpha value is -0.960. The Balaban J connectivity index is 2.07. The van der Waals surface area contributed by atoms with E-state index in [-0.39, 0.29) is 15.8 Å². The lowest BCUT2D eigenvalue weighted by molar-refractivity contribution is 0.0702. The van der Waals surface area contributed by atoms with Crippen LogP contribution in [0.3, 0.4) is 0 Å². The van der Waals surface area contributed by atoms with Crippen LogP contribution in [-0.2, 0) is 10.0 Å². The van der Waals surface area contributed by atoms with Crippen LogP contribution in [0.5, 0.6) is 0 Å². The van der Waals surface area contributed by atoms with Crippen LogP contribution in [0.2, 0.25) is 0 Å². The van der Waals surface area contributed by atoms with Gasteiger partial charge in [-0.2, -0.15) is 4.31 Å². The van der Waals surface area contributed by atoms with Crippen molar-refractivity contribution in [2.45, 2.75) is 37.1 Å². The van der Waals surface area contributed by atoms with Crippen LogP contribution in [0.25, 0.3) is 0 Å². The quantitative estimate of drug-likeness (QED) is 0.852. The summed E-state index contributed by atoms with van der Waals surface area (Å²) in [5, 5.41) is 10.3. The molecule has 1 saturated heterocycles. The summed E-state index contributed by atoms with van der Waals surface area (Å²) >= 11 is 0.942. The molecule has 0 bridgehead atoms. The van der Waals surface area contributed by atoms with E-state index in [0.717, 1.165) is 50.2 Å². The van der Waals surface area contributed by atoms with Crippen LogP contribution in [0.4, 0.5) is 0 Å². The molecular formula is C14H22N2O4S2. The van der Waals surface area contributed by atoms with Gasteiger partial charge in [-0.1, -0.05) is 6.92 Å². The van der Waals surface area contributed by atoms with E-state index < -0.39 is 16.0 Å². The molecule has 1 fully saturated rings. The predicted molar refractivity (Wildman–Crippen MR) is 86.0 cm³/mol. The number of sulfonamides is 1. The fraction of sp³-hybridized carbons (Fsp3) is 0.643. The molecular weight excluding hydrogens is 324 g/mol. The lowest BCUT2D eigenvalue weighted by Crippen LogP contribution is -2.45. The van der Waals surface area contributed by atoms with Crippen LogP contribution >= 0.6 is 11.3 Å². The third kappa shape index (κ3) is 3.68. The highest BCUT2D eigenvalue weighted by Gasteiger charge is 2.31. The second-order valence-electron chi connectivity index (χ2n) is 5.55. The minimum Gasteiger partial charge on any atom is -0.477 e. The highest BCUT2D eigenvalue weighted by atomic mass is 32.2. The number of hydrogen-bond acceptors (Lipinski definition) is 5. The maximum absolute atomic E-state index is 12.6. The Labute approximate surface area is 135 Å². The molecule has 0 unspecified atom stereocenters. The Morgan fingerprint density at radius 3 is 2.59 bits per heavy atom. The summed E-state index contributed by atoms with van der Waals surface area (Å²) in [7, 11) is -2.03. The first kappa shape index (κ1) is 17.4. The number of rotatable bonds is 6. The van der Waals surface area contributed by atoms with E-state index in [9.17, 15) is 13.2 Å². The number of likely N-dealkylation sites (tertiary alicyclic amines) is 1. The van der Waals surface area contributed by atoms with Crippen LogP contribution < -0.4 is 0 Å². The third-order valence-electron chi connectivity index (χ3n) is 4.07. The summed E-state index contributed by atoms with van der Waals surface area (Å²) in [6.45, 7) is 5.00. The Morgan fingerprint density at radius 1 is 1.45 bits per heavy atom. The largest absolute Gasteiger partial charge is 0.477 e. The van der Waals surface area contributed by atoms with Crippen LogP contribution in [0.15, 0.2) is 16.3 Å². The first-order valence-corrected chi connectivity index (χ1v) is 9.70. The van der Waals surface area contributed by atoms with Crippen molar-refractivity contribution in [2.75, 3.05) is 26.7 Å². The molecule has 124 valence electrons. The maximum Gasteiger partial charge on any atom is 0.345 e. The number of carboxylic acids is 1. The average molecular weight is 346 g/mol. The second-order valence-corrected chi connectivity index (χ2v) is 8.45. The first-order valence-electron chi connectivity index (χ1n) is 7.38. The van der Waals surface area contributed by atoms with Gasteiger partial charge in [-0.05, 0) is 45.0 Å². The zero-order valence-electron chi connectivity index (χ0n) is 12.9. The molecule has 1 N–H and O–H groups in total. The lowest BCUT2D eigenvalue weighted by Gasteiger charge is -2.35. The van der Waals surface area contributed by atoms with Crippen molar-refractivity contribution in [1.29, 1.82) is 0 Å². The average Bonchev–Trinajstić information content (AvgIpc) is 2.98. The van der Waals surface area contributed by atoms with Crippen LogP contribution in [-0.4, -0.2) is 61.4 Å². The van der Waals surface area contributed by atoms with E-state index in [1.807, 2.05) is 0 Å². The van der Waals surface area contributed by atoms with Gasteiger partial charge in [-0.15, -0.1) is 11.3 Å². The topological polar surface area (TPSA) is 77.9 Å². The molecule has 0 radical (unpaired) electrons. The highest BCUT2D eigenvalue weighted by molar-refractivity contribution is 7.89. The van der Waals surface area contributed by atoms with Gasteiger partial charge >= 0.3 is 5.97 Å². The van der Waals surface area contributed by atoms with E-state index in [4.69, 9.17) is 5.11 Å². The number of carbonyl (C=O) groups is 1. The number of piperidine rings is 1. The van der Waals surface area contributed by atoms with Gasteiger partial charge in [0.1, 0.15) is 4.88 Å². The van der Waals surface area contributed by atoms with Crippen molar-refractivity contribution >= 4 is 27.3 Å². The minimum atomic E-state index is -3.62. The molecule has 0 saturated carbocycles. The van der Waals surface area contributed by atoms with E-state index in [0.29, 0.717) is 0 Å². The molecule has 0 spiro atoms. The molecule has 0 atom stereocenters. The van der Waals surface area contributed by atoms with Gasteiger partial charge in [0.05, 0.1) is 4.90 Å². The Kier molecular flexibility index (Phi) is 5.60. The van der Waals surface area contributed by atoms with Crippen molar-refractivity contribution in [2.24, 2.45) is 0 Å². The van der Waals surface area contributed by atoms with Gasteiger partial charge in [0, 0.05) is 18.5 Å². The second kappa shape index (κ2) is 7.08.